The third kappa shape index (κ3) is 4.63. The van der Waals surface area contributed by atoms with Crippen LogP contribution >= 0.6 is 0 Å². The monoisotopic (exact) mass is 297 g/mol. The Bertz CT molecular complexity index is 679. The van der Waals surface area contributed by atoms with E-state index in [1.807, 2.05) is 44.2 Å². The van der Waals surface area contributed by atoms with E-state index in [-0.39, 0.29) is 18.2 Å². The summed E-state index contributed by atoms with van der Waals surface area (Å²) in [4.78, 5) is 11.7. The van der Waals surface area contributed by atoms with Gasteiger partial charge in [-0.15, -0.1) is 0 Å². The Labute approximate surface area is 129 Å². The molecular formula is C17H19N3O2. The molecule has 0 saturated heterocycles. The number of hydrogen-bond acceptors (Lipinski definition) is 4. The van der Waals surface area contributed by atoms with E-state index in [2.05, 4.69) is 15.8 Å². The smallest absolute Gasteiger partial charge is 0.259 e. The Kier molecular flexibility index (Phi) is 5.14. The lowest BCUT2D eigenvalue weighted by atomic mass is 10.1. The highest BCUT2D eigenvalue weighted by molar-refractivity contribution is 5.86. The van der Waals surface area contributed by atoms with E-state index in [9.17, 15) is 9.90 Å². The standard InChI is InChI=1S/C17H19N3O2/c1-12-4-7-15(8-5-12)18-11-17(22)20-19-10-14-6-3-13(2)9-16(14)21/h3-10,18,21H,11H2,1-2H3,(H,20,22). The summed E-state index contributed by atoms with van der Waals surface area (Å²) in [5, 5.41) is 16.6. The van der Waals surface area contributed by atoms with E-state index in [0.717, 1.165) is 16.8 Å². The third-order valence-electron chi connectivity index (χ3n) is 3.08. The van der Waals surface area contributed by atoms with Crippen LogP contribution in [0, 0.1) is 13.8 Å². The van der Waals surface area contributed by atoms with Crippen LogP contribution in [0.2, 0.25) is 0 Å². The van der Waals surface area contributed by atoms with Crippen LogP contribution in [0.1, 0.15) is 16.7 Å². The van der Waals surface area contributed by atoms with Crippen LogP contribution in [0.15, 0.2) is 47.6 Å². The molecule has 0 saturated carbocycles. The molecule has 0 aliphatic rings. The van der Waals surface area contributed by atoms with Crippen molar-refractivity contribution < 1.29 is 9.90 Å². The fraction of sp³-hybridized carbons (Fsp3) is 0.176. The summed E-state index contributed by atoms with van der Waals surface area (Å²) >= 11 is 0. The molecule has 2 rings (SSSR count). The van der Waals surface area contributed by atoms with Gasteiger partial charge in [-0.2, -0.15) is 5.10 Å². The van der Waals surface area contributed by atoms with Crippen LogP contribution < -0.4 is 10.7 Å². The first kappa shape index (κ1) is 15.6. The van der Waals surface area contributed by atoms with E-state index in [1.165, 1.54) is 6.21 Å². The number of phenolic OH excluding ortho intramolecular Hbond substituents is 1. The average molecular weight is 297 g/mol. The van der Waals surface area contributed by atoms with Crippen LogP contribution in [0.25, 0.3) is 0 Å². The summed E-state index contributed by atoms with van der Waals surface area (Å²) in [6, 6.07) is 13.0. The van der Waals surface area contributed by atoms with Crippen molar-refractivity contribution in [3.8, 4) is 5.75 Å². The van der Waals surface area contributed by atoms with E-state index < -0.39 is 0 Å². The number of nitrogens with zero attached hydrogens (tertiary/aromatic N) is 1. The normalized spacial score (nSPS) is 10.6. The van der Waals surface area contributed by atoms with Crippen molar-refractivity contribution in [2.75, 3.05) is 11.9 Å². The first-order valence-electron chi connectivity index (χ1n) is 6.96. The predicted molar refractivity (Wildman–Crippen MR) is 88.2 cm³/mol. The van der Waals surface area contributed by atoms with Crippen molar-refractivity contribution in [3.63, 3.8) is 0 Å². The highest BCUT2D eigenvalue weighted by Crippen LogP contribution is 2.16. The highest BCUT2D eigenvalue weighted by atomic mass is 16.3. The Balaban J connectivity index is 1.82. The molecule has 0 radical (unpaired) electrons. The minimum absolute atomic E-state index is 0.125. The first-order chi connectivity index (χ1) is 10.5. The van der Waals surface area contributed by atoms with Crippen molar-refractivity contribution in [3.05, 3.63) is 59.2 Å². The Morgan fingerprint density at radius 1 is 1.14 bits per heavy atom. The topological polar surface area (TPSA) is 73.7 Å². The molecule has 0 atom stereocenters. The molecule has 0 spiro atoms. The van der Waals surface area contributed by atoms with E-state index in [1.54, 1.807) is 12.1 Å². The number of benzene rings is 2. The minimum atomic E-state index is -0.261. The first-order valence-corrected chi connectivity index (χ1v) is 6.96. The number of rotatable bonds is 5. The van der Waals surface area contributed by atoms with Crippen LogP contribution in [-0.4, -0.2) is 23.8 Å². The third-order valence-corrected chi connectivity index (χ3v) is 3.08. The quantitative estimate of drug-likeness (QED) is 0.586. The number of carbonyl (C=O) groups excluding carboxylic acids is 1. The van der Waals surface area contributed by atoms with E-state index >= 15 is 0 Å². The number of nitrogens with one attached hydrogen (secondary N) is 2. The van der Waals surface area contributed by atoms with Gasteiger partial charge >= 0.3 is 0 Å². The van der Waals surface area contributed by atoms with Gasteiger partial charge in [-0.25, -0.2) is 5.43 Å². The number of anilines is 1. The zero-order valence-electron chi connectivity index (χ0n) is 12.6. The molecule has 2 aromatic rings. The fourth-order valence-corrected chi connectivity index (χ4v) is 1.83. The minimum Gasteiger partial charge on any atom is -0.507 e. The molecule has 5 nitrogen and oxygen atoms in total. The SMILES string of the molecule is Cc1ccc(NCC(=O)NN=Cc2ccc(C)cc2O)cc1. The largest absolute Gasteiger partial charge is 0.507 e. The lowest BCUT2D eigenvalue weighted by Crippen LogP contribution is -2.25. The van der Waals surface area contributed by atoms with Crippen LogP contribution in [0.3, 0.4) is 0 Å². The van der Waals surface area contributed by atoms with Crippen LogP contribution in [0.4, 0.5) is 5.69 Å². The summed E-state index contributed by atoms with van der Waals surface area (Å²) in [6.45, 7) is 4.02. The maximum absolute atomic E-state index is 11.7. The fourth-order valence-electron chi connectivity index (χ4n) is 1.83. The molecule has 5 heteroatoms. The maximum atomic E-state index is 11.7. The molecular weight excluding hydrogens is 278 g/mol. The van der Waals surface area contributed by atoms with Gasteiger partial charge in [0.2, 0.25) is 0 Å². The van der Waals surface area contributed by atoms with Gasteiger partial charge in [0.25, 0.3) is 5.91 Å². The molecule has 1 amide bonds. The molecule has 0 unspecified atom stereocenters. The molecule has 22 heavy (non-hydrogen) atoms. The van der Waals surface area contributed by atoms with Crippen molar-refractivity contribution >= 4 is 17.8 Å². The number of aryl methyl sites for hydroxylation is 2. The average Bonchev–Trinajstić information content (AvgIpc) is 2.49. The lowest BCUT2D eigenvalue weighted by Gasteiger charge is -2.05. The number of aromatic hydroxyl groups is 1. The number of amides is 1. The molecule has 0 aliphatic carbocycles. The maximum Gasteiger partial charge on any atom is 0.259 e. The number of hydrazone groups is 1. The van der Waals surface area contributed by atoms with E-state index in [4.69, 9.17) is 0 Å². The Morgan fingerprint density at radius 3 is 2.50 bits per heavy atom. The summed E-state index contributed by atoms with van der Waals surface area (Å²) < 4.78 is 0. The summed E-state index contributed by atoms with van der Waals surface area (Å²) in [7, 11) is 0. The van der Waals surface area contributed by atoms with Gasteiger partial charge in [-0.1, -0.05) is 23.8 Å². The van der Waals surface area contributed by atoms with Crippen LogP contribution in [0.5, 0.6) is 5.75 Å². The van der Waals surface area contributed by atoms with Gasteiger partial charge in [0, 0.05) is 11.3 Å². The second-order valence-electron chi connectivity index (χ2n) is 5.08. The number of carbonyl (C=O) groups is 1. The van der Waals surface area contributed by atoms with Crippen molar-refractivity contribution in [2.45, 2.75) is 13.8 Å². The van der Waals surface area contributed by atoms with Gasteiger partial charge in [0.05, 0.1) is 12.8 Å². The molecule has 0 aromatic heterocycles. The van der Waals surface area contributed by atoms with Crippen LogP contribution in [-0.2, 0) is 4.79 Å². The zero-order chi connectivity index (χ0) is 15.9. The lowest BCUT2D eigenvalue weighted by molar-refractivity contribution is -0.119. The van der Waals surface area contributed by atoms with Crippen molar-refractivity contribution in [2.24, 2.45) is 5.10 Å². The van der Waals surface area contributed by atoms with Gasteiger partial charge in [0.15, 0.2) is 0 Å². The van der Waals surface area contributed by atoms with Gasteiger partial charge < -0.3 is 10.4 Å². The number of hydrogen-bond donors (Lipinski definition) is 3. The van der Waals surface area contributed by atoms with E-state index in [0.29, 0.717) is 5.56 Å². The second-order valence-corrected chi connectivity index (χ2v) is 5.08. The molecule has 0 heterocycles. The van der Waals surface area contributed by atoms with Gasteiger partial charge in [-0.3, -0.25) is 4.79 Å². The molecule has 2 aromatic carbocycles. The zero-order valence-corrected chi connectivity index (χ0v) is 12.6. The summed E-state index contributed by atoms with van der Waals surface area (Å²) in [5.41, 5.74) is 5.96. The summed E-state index contributed by atoms with van der Waals surface area (Å²) in [6.07, 6.45) is 1.42. The van der Waals surface area contributed by atoms with Crippen molar-refractivity contribution in [1.29, 1.82) is 0 Å². The highest BCUT2D eigenvalue weighted by Gasteiger charge is 2.00. The number of phenols is 1. The second kappa shape index (κ2) is 7.26. The summed E-state index contributed by atoms with van der Waals surface area (Å²) in [5.74, 6) is -0.126. The van der Waals surface area contributed by atoms with Crippen molar-refractivity contribution in [1.82, 2.24) is 5.43 Å². The Hall–Kier alpha value is -2.82. The van der Waals surface area contributed by atoms with Gasteiger partial charge in [0.1, 0.15) is 5.75 Å². The predicted octanol–water partition coefficient (Wildman–Crippen LogP) is 2.57. The Morgan fingerprint density at radius 2 is 1.82 bits per heavy atom. The molecule has 0 aliphatic heterocycles. The molecule has 0 bridgehead atoms. The molecule has 3 N–H and O–H groups in total. The molecule has 0 fully saturated rings. The molecule has 114 valence electrons. The van der Waals surface area contributed by atoms with Gasteiger partial charge in [-0.05, 0) is 43.7 Å².